The van der Waals surface area contributed by atoms with Gasteiger partial charge in [-0.2, -0.15) is 0 Å². The summed E-state index contributed by atoms with van der Waals surface area (Å²) >= 11 is 0. The molecule has 9 aromatic carbocycles. The molecule has 0 amide bonds. The van der Waals surface area contributed by atoms with Crippen molar-refractivity contribution in [3.8, 4) is 44.5 Å². The van der Waals surface area contributed by atoms with Gasteiger partial charge < -0.3 is 4.90 Å². The fourth-order valence-corrected chi connectivity index (χ4v) is 11.4. The van der Waals surface area contributed by atoms with Crippen molar-refractivity contribution in [3.05, 3.63) is 234 Å². The highest BCUT2D eigenvalue weighted by atomic mass is 15.1. The van der Waals surface area contributed by atoms with Crippen molar-refractivity contribution in [2.75, 3.05) is 4.90 Å². The van der Waals surface area contributed by atoms with E-state index < -0.39 is 0 Å². The first kappa shape index (κ1) is 34.1. The summed E-state index contributed by atoms with van der Waals surface area (Å²) in [6.07, 6.45) is 2.13. The molecule has 0 N–H and O–H groups in total. The van der Waals surface area contributed by atoms with E-state index in [1.54, 1.807) is 0 Å². The van der Waals surface area contributed by atoms with Crippen molar-refractivity contribution in [1.29, 1.82) is 0 Å². The molecule has 1 atom stereocenters. The maximum absolute atomic E-state index is 2.60. The molecule has 3 aliphatic carbocycles. The van der Waals surface area contributed by atoms with Crippen LogP contribution >= 0.6 is 0 Å². The van der Waals surface area contributed by atoms with Crippen molar-refractivity contribution in [2.24, 2.45) is 0 Å². The minimum Gasteiger partial charge on any atom is -0.309 e. The molecule has 0 saturated heterocycles. The predicted octanol–water partition coefficient (Wildman–Crippen LogP) is 15.2. The fraction of sp³-hybridized carbons (Fsp3) is 0.103. The van der Waals surface area contributed by atoms with Crippen LogP contribution in [0.4, 0.5) is 17.1 Å². The van der Waals surface area contributed by atoms with E-state index in [0.717, 1.165) is 24.2 Å². The molecular weight excluding hydrogens is 711 g/mol. The van der Waals surface area contributed by atoms with E-state index in [-0.39, 0.29) is 10.8 Å². The second-order valence-corrected chi connectivity index (χ2v) is 17.1. The van der Waals surface area contributed by atoms with Crippen LogP contribution in [0.3, 0.4) is 0 Å². The van der Waals surface area contributed by atoms with Crippen LogP contribution < -0.4 is 4.90 Å². The van der Waals surface area contributed by atoms with Gasteiger partial charge in [-0.3, -0.25) is 0 Å². The van der Waals surface area contributed by atoms with Gasteiger partial charge in [0.15, 0.2) is 0 Å². The maximum atomic E-state index is 2.60. The van der Waals surface area contributed by atoms with Gasteiger partial charge in [0.05, 0.1) is 11.4 Å². The number of fused-ring (bicyclic) bond motifs is 11. The Labute approximate surface area is 346 Å². The normalized spacial score (nSPS) is 16.4. The van der Waals surface area contributed by atoms with Gasteiger partial charge in [-0.15, -0.1) is 0 Å². The van der Waals surface area contributed by atoms with Crippen LogP contribution in [0.5, 0.6) is 0 Å². The lowest BCUT2D eigenvalue weighted by Crippen LogP contribution is -2.24. The zero-order valence-electron chi connectivity index (χ0n) is 33.4. The lowest BCUT2D eigenvalue weighted by Gasteiger charge is -2.34. The van der Waals surface area contributed by atoms with Crippen LogP contribution in [0, 0.1) is 0 Å². The topological polar surface area (TPSA) is 3.24 Å². The quantitative estimate of drug-likeness (QED) is 0.169. The molecule has 0 aromatic heterocycles. The van der Waals surface area contributed by atoms with Crippen molar-refractivity contribution in [2.45, 2.75) is 37.5 Å². The molecule has 9 aromatic rings. The molecular formula is C58H43N. The van der Waals surface area contributed by atoms with Crippen LogP contribution in [0.1, 0.15) is 53.6 Å². The first-order valence-corrected chi connectivity index (χ1v) is 21.1. The highest BCUT2D eigenvalue weighted by Crippen LogP contribution is 2.60. The summed E-state index contributed by atoms with van der Waals surface area (Å²) in [4.78, 5) is 2.60. The number of anilines is 3. The largest absolute Gasteiger partial charge is 0.309 e. The number of para-hydroxylation sites is 1. The van der Waals surface area contributed by atoms with Gasteiger partial charge in [-0.1, -0.05) is 196 Å². The molecule has 0 bridgehead atoms. The number of hydrogen-bond donors (Lipinski definition) is 0. The van der Waals surface area contributed by atoms with Crippen LogP contribution in [0.15, 0.2) is 200 Å². The minimum absolute atomic E-state index is 0.170. The van der Waals surface area contributed by atoms with Gasteiger partial charge in [0.1, 0.15) is 0 Å². The Kier molecular flexibility index (Phi) is 7.38. The van der Waals surface area contributed by atoms with E-state index in [0.29, 0.717) is 0 Å². The third kappa shape index (κ3) is 4.79. The van der Waals surface area contributed by atoms with Gasteiger partial charge in [-0.05, 0) is 103 Å². The summed E-state index contributed by atoms with van der Waals surface area (Å²) in [6.45, 7) is 4.80. The maximum Gasteiger partial charge on any atom is 0.0618 e. The smallest absolute Gasteiger partial charge is 0.0618 e. The van der Waals surface area contributed by atoms with E-state index >= 15 is 0 Å². The Morgan fingerprint density at radius 1 is 0.424 bits per heavy atom. The molecule has 280 valence electrons. The van der Waals surface area contributed by atoms with Crippen LogP contribution in [-0.4, -0.2) is 0 Å². The summed E-state index contributed by atoms with van der Waals surface area (Å²) in [7, 11) is 0. The summed E-state index contributed by atoms with van der Waals surface area (Å²) in [5, 5.41) is 2.44. The standard InChI is InChI=1S/C58H43N/c1-57(2)51-28-13-9-23-45(51)48-25-16-26-49(55(48)57)47-24-11-15-30-54(47)59(56-42-21-8-6-19-39(42)31-33-43(56)38-17-4-3-5-18-38)41-32-34-46-44-22-10-14-29-52(44)58(53(46)37-41)36-35-40-20-7-12-27-50(40)58/h3-34,37H,35-36H2,1-2H3. The lowest BCUT2D eigenvalue weighted by molar-refractivity contribution is 0.626. The number of rotatable bonds is 5. The van der Waals surface area contributed by atoms with Gasteiger partial charge in [-0.25, -0.2) is 0 Å². The Morgan fingerprint density at radius 3 is 1.85 bits per heavy atom. The molecule has 59 heavy (non-hydrogen) atoms. The first-order valence-electron chi connectivity index (χ1n) is 21.1. The zero-order chi connectivity index (χ0) is 39.3. The van der Waals surface area contributed by atoms with E-state index in [4.69, 9.17) is 0 Å². The minimum atomic E-state index is -0.208. The molecule has 1 heteroatoms. The summed E-state index contributed by atoms with van der Waals surface area (Å²) in [5.41, 5.74) is 21.9. The zero-order valence-corrected chi connectivity index (χ0v) is 33.4. The molecule has 0 fully saturated rings. The molecule has 1 spiro atoms. The second kappa shape index (κ2) is 12.8. The van der Waals surface area contributed by atoms with Crippen LogP contribution in [-0.2, 0) is 17.3 Å². The number of nitrogens with zero attached hydrogens (tertiary/aromatic N) is 1. The van der Waals surface area contributed by atoms with Gasteiger partial charge in [0.25, 0.3) is 0 Å². The summed E-state index contributed by atoms with van der Waals surface area (Å²) < 4.78 is 0. The van der Waals surface area contributed by atoms with Crippen LogP contribution in [0.25, 0.3) is 55.3 Å². The average molecular weight is 754 g/mol. The third-order valence-electron chi connectivity index (χ3n) is 13.9. The second-order valence-electron chi connectivity index (χ2n) is 17.1. The number of hydrogen-bond acceptors (Lipinski definition) is 1. The van der Waals surface area contributed by atoms with Crippen molar-refractivity contribution in [3.63, 3.8) is 0 Å². The van der Waals surface area contributed by atoms with Gasteiger partial charge in [0.2, 0.25) is 0 Å². The van der Waals surface area contributed by atoms with E-state index in [9.17, 15) is 0 Å². The summed E-state index contributed by atoms with van der Waals surface area (Å²) in [6, 6.07) is 75.3. The molecule has 0 saturated carbocycles. The Hall–Kier alpha value is -6.96. The van der Waals surface area contributed by atoms with E-state index in [2.05, 4.69) is 219 Å². The van der Waals surface area contributed by atoms with Crippen molar-refractivity contribution < 1.29 is 0 Å². The van der Waals surface area contributed by atoms with Crippen LogP contribution in [0.2, 0.25) is 0 Å². The fourth-order valence-electron chi connectivity index (χ4n) is 11.4. The Morgan fingerprint density at radius 2 is 1.02 bits per heavy atom. The third-order valence-corrected chi connectivity index (χ3v) is 13.9. The highest BCUT2D eigenvalue weighted by molar-refractivity contribution is 6.08. The molecule has 0 heterocycles. The van der Waals surface area contributed by atoms with Crippen molar-refractivity contribution >= 4 is 27.8 Å². The average Bonchev–Trinajstić information content (AvgIpc) is 3.90. The molecule has 0 aliphatic heterocycles. The van der Waals surface area contributed by atoms with Gasteiger partial charge in [0, 0.05) is 33.0 Å². The summed E-state index contributed by atoms with van der Waals surface area (Å²) in [5.74, 6) is 0. The molecule has 0 radical (unpaired) electrons. The molecule has 1 unspecified atom stereocenters. The molecule has 3 aliphatic rings. The molecule has 12 rings (SSSR count). The Bertz CT molecular complexity index is 3150. The predicted molar refractivity (Wildman–Crippen MR) is 247 cm³/mol. The van der Waals surface area contributed by atoms with E-state index in [1.165, 1.54) is 94.3 Å². The SMILES string of the molecule is CC1(C)c2ccccc2-c2cccc(-c3ccccc3N(c3ccc4c(c3)C3(CCc5ccccc53)c3ccccc3-4)c3c(-c4ccccc4)ccc4ccccc34)c21. The van der Waals surface area contributed by atoms with Crippen molar-refractivity contribution in [1.82, 2.24) is 0 Å². The lowest BCUT2D eigenvalue weighted by atomic mass is 9.73. The number of aryl methyl sites for hydroxylation is 1. The molecule has 1 nitrogen and oxygen atoms in total. The highest BCUT2D eigenvalue weighted by Gasteiger charge is 2.48. The first-order chi connectivity index (χ1) is 29.0. The monoisotopic (exact) mass is 753 g/mol. The van der Waals surface area contributed by atoms with Gasteiger partial charge >= 0.3 is 0 Å². The van der Waals surface area contributed by atoms with E-state index in [1.807, 2.05) is 0 Å². The Balaban J connectivity index is 1.18. The number of benzene rings is 9.